The third kappa shape index (κ3) is 4.44. The van der Waals surface area contributed by atoms with Crippen molar-refractivity contribution in [2.75, 3.05) is 19.6 Å². The van der Waals surface area contributed by atoms with Gasteiger partial charge in [-0.15, -0.1) is 11.3 Å². The van der Waals surface area contributed by atoms with E-state index in [2.05, 4.69) is 17.0 Å². The standard InChI is InChI=1S/C15H20N2OS/c16-8-9-17(11-13-5-2-1-3-6-13)12-14(18)15-7-4-10-19-15/h1-7,10,14,18H,8-9,11-12,16H2. The monoisotopic (exact) mass is 276 g/mol. The van der Waals surface area contributed by atoms with Gasteiger partial charge in [0.1, 0.15) is 6.10 Å². The Morgan fingerprint density at radius 1 is 1.16 bits per heavy atom. The molecular weight excluding hydrogens is 256 g/mol. The Morgan fingerprint density at radius 3 is 2.58 bits per heavy atom. The molecule has 3 nitrogen and oxygen atoms in total. The second kappa shape index (κ2) is 7.40. The number of nitrogens with zero attached hydrogens (tertiary/aromatic N) is 1. The molecule has 2 aromatic rings. The number of benzene rings is 1. The van der Waals surface area contributed by atoms with E-state index in [-0.39, 0.29) is 0 Å². The van der Waals surface area contributed by atoms with Gasteiger partial charge >= 0.3 is 0 Å². The van der Waals surface area contributed by atoms with Gasteiger partial charge in [-0.2, -0.15) is 0 Å². The molecule has 1 aromatic heterocycles. The van der Waals surface area contributed by atoms with Crippen molar-refractivity contribution in [3.05, 3.63) is 58.3 Å². The zero-order valence-electron chi connectivity index (χ0n) is 10.9. The molecule has 0 saturated carbocycles. The van der Waals surface area contributed by atoms with Gasteiger partial charge in [0.15, 0.2) is 0 Å². The number of aliphatic hydroxyl groups is 1. The molecule has 3 N–H and O–H groups in total. The minimum absolute atomic E-state index is 0.435. The Labute approximate surface area is 118 Å². The van der Waals surface area contributed by atoms with Crippen molar-refractivity contribution in [3.8, 4) is 0 Å². The third-order valence-electron chi connectivity index (χ3n) is 3.00. The van der Waals surface area contributed by atoms with Crippen LogP contribution in [0.2, 0.25) is 0 Å². The van der Waals surface area contributed by atoms with Gasteiger partial charge in [-0.1, -0.05) is 36.4 Å². The van der Waals surface area contributed by atoms with Crippen molar-refractivity contribution in [2.45, 2.75) is 12.6 Å². The number of nitrogens with two attached hydrogens (primary N) is 1. The van der Waals surface area contributed by atoms with Crippen LogP contribution in [0.5, 0.6) is 0 Å². The predicted octanol–water partition coefficient (Wildman–Crippen LogP) is 2.24. The normalized spacial score (nSPS) is 12.8. The van der Waals surface area contributed by atoms with E-state index < -0.39 is 6.10 Å². The predicted molar refractivity (Wildman–Crippen MR) is 80.1 cm³/mol. The summed E-state index contributed by atoms with van der Waals surface area (Å²) >= 11 is 1.59. The van der Waals surface area contributed by atoms with Crippen LogP contribution < -0.4 is 5.73 Å². The maximum absolute atomic E-state index is 10.2. The Bertz CT molecular complexity index is 458. The fourth-order valence-electron chi connectivity index (χ4n) is 2.07. The van der Waals surface area contributed by atoms with E-state index in [9.17, 15) is 5.11 Å². The zero-order valence-corrected chi connectivity index (χ0v) is 11.7. The number of aliphatic hydroxyl groups excluding tert-OH is 1. The van der Waals surface area contributed by atoms with Crippen molar-refractivity contribution in [2.24, 2.45) is 5.73 Å². The highest BCUT2D eigenvalue weighted by Crippen LogP contribution is 2.20. The third-order valence-corrected chi connectivity index (χ3v) is 3.97. The van der Waals surface area contributed by atoms with Crippen molar-refractivity contribution in [1.82, 2.24) is 4.90 Å². The maximum Gasteiger partial charge on any atom is 0.101 e. The molecular formula is C15H20N2OS. The quantitative estimate of drug-likeness (QED) is 0.815. The number of hydrogen-bond acceptors (Lipinski definition) is 4. The van der Waals surface area contributed by atoms with Crippen molar-refractivity contribution >= 4 is 11.3 Å². The van der Waals surface area contributed by atoms with E-state index in [0.717, 1.165) is 18.0 Å². The molecule has 1 heterocycles. The smallest absolute Gasteiger partial charge is 0.101 e. The first-order valence-electron chi connectivity index (χ1n) is 6.47. The average Bonchev–Trinajstić information content (AvgIpc) is 2.94. The SMILES string of the molecule is NCCN(Cc1ccccc1)CC(O)c1cccs1. The van der Waals surface area contributed by atoms with Crippen LogP contribution in [0.3, 0.4) is 0 Å². The van der Waals surface area contributed by atoms with E-state index in [0.29, 0.717) is 13.1 Å². The molecule has 0 saturated heterocycles. The maximum atomic E-state index is 10.2. The fourth-order valence-corrected chi connectivity index (χ4v) is 2.78. The lowest BCUT2D eigenvalue weighted by atomic mass is 10.2. The van der Waals surface area contributed by atoms with Gasteiger partial charge in [-0.25, -0.2) is 0 Å². The van der Waals surface area contributed by atoms with Crippen LogP contribution in [0.15, 0.2) is 47.8 Å². The number of thiophene rings is 1. The minimum Gasteiger partial charge on any atom is -0.386 e. The van der Waals surface area contributed by atoms with E-state index >= 15 is 0 Å². The van der Waals surface area contributed by atoms with Crippen molar-refractivity contribution < 1.29 is 5.11 Å². The molecule has 1 aromatic carbocycles. The largest absolute Gasteiger partial charge is 0.386 e. The molecule has 0 aliphatic rings. The summed E-state index contributed by atoms with van der Waals surface area (Å²) in [6.45, 7) is 2.83. The first-order chi connectivity index (χ1) is 9.29. The van der Waals surface area contributed by atoms with Crippen LogP contribution in [0.1, 0.15) is 16.5 Å². The van der Waals surface area contributed by atoms with Crippen LogP contribution in [0, 0.1) is 0 Å². The molecule has 0 fully saturated rings. The van der Waals surface area contributed by atoms with E-state index in [4.69, 9.17) is 5.73 Å². The Balaban J connectivity index is 1.96. The lowest BCUT2D eigenvalue weighted by Crippen LogP contribution is -2.32. The molecule has 0 radical (unpaired) electrons. The summed E-state index contributed by atoms with van der Waals surface area (Å²) in [5, 5.41) is 12.2. The minimum atomic E-state index is -0.435. The molecule has 0 aliphatic carbocycles. The van der Waals surface area contributed by atoms with Gasteiger partial charge in [0.05, 0.1) is 0 Å². The summed E-state index contributed by atoms with van der Waals surface area (Å²) in [6, 6.07) is 14.2. The Kier molecular flexibility index (Phi) is 5.54. The molecule has 102 valence electrons. The van der Waals surface area contributed by atoms with Gasteiger partial charge in [-0.05, 0) is 17.0 Å². The summed E-state index contributed by atoms with van der Waals surface area (Å²) in [5.74, 6) is 0. The summed E-state index contributed by atoms with van der Waals surface area (Å²) in [4.78, 5) is 3.20. The second-order valence-electron chi connectivity index (χ2n) is 4.54. The molecule has 1 unspecified atom stereocenters. The number of hydrogen-bond donors (Lipinski definition) is 2. The molecule has 0 aliphatic heterocycles. The lowest BCUT2D eigenvalue weighted by Gasteiger charge is -2.24. The van der Waals surface area contributed by atoms with Crippen LogP contribution in [-0.2, 0) is 6.54 Å². The summed E-state index contributed by atoms with van der Waals surface area (Å²) in [5.41, 5.74) is 6.90. The zero-order chi connectivity index (χ0) is 13.5. The molecule has 0 spiro atoms. The highest BCUT2D eigenvalue weighted by molar-refractivity contribution is 7.10. The molecule has 2 rings (SSSR count). The highest BCUT2D eigenvalue weighted by atomic mass is 32.1. The molecule has 1 atom stereocenters. The first-order valence-corrected chi connectivity index (χ1v) is 7.35. The van der Waals surface area contributed by atoms with E-state index in [1.165, 1.54) is 5.56 Å². The van der Waals surface area contributed by atoms with Crippen LogP contribution in [-0.4, -0.2) is 29.6 Å². The average molecular weight is 276 g/mol. The topological polar surface area (TPSA) is 49.5 Å². The molecule has 0 amide bonds. The lowest BCUT2D eigenvalue weighted by molar-refractivity contribution is 0.113. The van der Waals surface area contributed by atoms with E-state index in [1.807, 2.05) is 35.7 Å². The van der Waals surface area contributed by atoms with Crippen molar-refractivity contribution in [1.29, 1.82) is 0 Å². The van der Waals surface area contributed by atoms with E-state index in [1.54, 1.807) is 11.3 Å². The van der Waals surface area contributed by atoms with Gasteiger partial charge in [0, 0.05) is 31.1 Å². The molecule has 4 heteroatoms. The molecule has 0 bridgehead atoms. The van der Waals surface area contributed by atoms with Gasteiger partial charge in [-0.3, -0.25) is 4.90 Å². The van der Waals surface area contributed by atoms with Gasteiger partial charge in [0.2, 0.25) is 0 Å². The Morgan fingerprint density at radius 2 is 1.95 bits per heavy atom. The van der Waals surface area contributed by atoms with Crippen molar-refractivity contribution in [3.63, 3.8) is 0 Å². The fraction of sp³-hybridized carbons (Fsp3) is 0.333. The number of rotatable bonds is 7. The summed E-state index contributed by atoms with van der Waals surface area (Å²) in [7, 11) is 0. The van der Waals surface area contributed by atoms with Crippen LogP contribution >= 0.6 is 11.3 Å². The van der Waals surface area contributed by atoms with Gasteiger partial charge < -0.3 is 10.8 Å². The molecule has 19 heavy (non-hydrogen) atoms. The highest BCUT2D eigenvalue weighted by Gasteiger charge is 2.14. The Hall–Kier alpha value is -1.20. The first kappa shape index (κ1) is 14.2. The van der Waals surface area contributed by atoms with Crippen LogP contribution in [0.4, 0.5) is 0 Å². The van der Waals surface area contributed by atoms with Crippen LogP contribution in [0.25, 0.3) is 0 Å². The summed E-state index contributed by atoms with van der Waals surface area (Å²) in [6.07, 6.45) is -0.435. The second-order valence-corrected chi connectivity index (χ2v) is 5.52. The van der Waals surface area contributed by atoms with Gasteiger partial charge in [0.25, 0.3) is 0 Å². The summed E-state index contributed by atoms with van der Waals surface area (Å²) < 4.78 is 0.